The fraction of sp³-hybridized carbons (Fsp3) is 0.158. The first kappa shape index (κ1) is 18.8. The second-order valence-electron chi connectivity index (χ2n) is 5.52. The molecule has 3 rings (SSSR count). The zero-order valence-corrected chi connectivity index (χ0v) is 16.2. The normalized spacial score (nSPS) is 15.8. The third kappa shape index (κ3) is 4.23. The van der Waals surface area contributed by atoms with Crippen LogP contribution in [0.3, 0.4) is 0 Å². The van der Waals surface area contributed by atoms with Crippen molar-refractivity contribution in [3.8, 4) is 5.75 Å². The Morgan fingerprint density at radius 3 is 2.46 bits per heavy atom. The quantitative estimate of drug-likeness (QED) is 0.602. The van der Waals surface area contributed by atoms with E-state index in [4.69, 9.17) is 27.9 Å². The summed E-state index contributed by atoms with van der Waals surface area (Å²) in [5.74, 6) is 0.442. The maximum atomic E-state index is 12.6. The zero-order valence-electron chi connectivity index (χ0n) is 13.9. The molecule has 2 aromatic carbocycles. The lowest BCUT2D eigenvalue weighted by molar-refractivity contribution is -0.123. The van der Waals surface area contributed by atoms with E-state index in [1.807, 2.05) is 31.2 Å². The molecular weight excluding hydrogens is 393 g/mol. The molecule has 4 nitrogen and oxygen atoms in total. The molecule has 1 saturated heterocycles. The maximum Gasteiger partial charge on any atom is 0.293 e. The van der Waals surface area contributed by atoms with Crippen LogP contribution >= 0.6 is 35.0 Å². The molecule has 0 spiro atoms. The van der Waals surface area contributed by atoms with Crippen LogP contribution in [0.4, 0.5) is 4.79 Å². The van der Waals surface area contributed by atoms with Crippen molar-refractivity contribution in [1.29, 1.82) is 0 Å². The number of nitrogens with zero attached hydrogens (tertiary/aromatic N) is 1. The van der Waals surface area contributed by atoms with Gasteiger partial charge in [-0.15, -0.1) is 0 Å². The first-order valence-corrected chi connectivity index (χ1v) is 9.47. The molecule has 0 radical (unpaired) electrons. The Morgan fingerprint density at radius 1 is 1.08 bits per heavy atom. The molecule has 0 saturated carbocycles. The summed E-state index contributed by atoms with van der Waals surface area (Å²) in [5.41, 5.74) is 1.57. The molecule has 0 aromatic heterocycles. The van der Waals surface area contributed by atoms with Crippen LogP contribution in [-0.4, -0.2) is 22.7 Å². The summed E-state index contributed by atoms with van der Waals surface area (Å²) >= 11 is 12.8. The Morgan fingerprint density at radius 2 is 1.81 bits per heavy atom. The minimum Gasteiger partial charge on any atom is -0.494 e. The van der Waals surface area contributed by atoms with E-state index in [0.29, 0.717) is 21.6 Å². The van der Waals surface area contributed by atoms with Gasteiger partial charge in [0.15, 0.2) is 0 Å². The van der Waals surface area contributed by atoms with Crippen LogP contribution in [0.2, 0.25) is 10.0 Å². The van der Waals surface area contributed by atoms with Crippen LogP contribution in [-0.2, 0) is 11.3 Å². The van der Waals surface area contributed by atoms with E-state index >= 15 is 0 Å². The van der Waals surface area contributed by atoms with Crippen LogP contribution in [0.1, 0.15) is 18.1 Å². The van der Waals surface area contributed by atoms with E-state index in [2.05, 4.69) is 0 Å². The van der Waals surface area contributed by atoms with E-state index < -0.39 is 0 Å². The monoisotopic (exact) mass is 407 g/mol. The van der Waals surface area contributed by atoms with E-state index in [9.17, 15) is 9.59 Å². The van der Waals surface area contributed by atoms with Crippen molar-refractivity contribution < 1.29 is 14.3 Å². The molecule has 1 aliphatic rings. The van der Waals surface area contributed by atoms with Gasteiger partial charge in [-0.25, -0.2) is 0 Å². The number of thioether (sulfide) groups is 1. The number of rotatable bonds is 5. The van der Waals surface area contributed by atoms with E-state index in [1.165, 1.54) is 4.90 Å². The van der Waals surface area contributed by atoms with Crippen molar-refractivity contribution in [1.82, 2.24) is 4.90 Å². The topological polar surface area (TPSA) is 46.6 Å². The second kappa shape index (κ2) is 8.16. The highest BCUT2D eigenvalue weighted by Crippen LogP contribution is 2.34. The van der Waals surface area contributed by atoms with Gasteiger partial charge in [-0.05, 0) is 60.2 Å². The summed E-state index contributed by atoms with van der Waals surface area (Å²) < 4.78 is 5.40. The lowest BCUT2D eigenvalue weighted by Crippen LogP contribution is -2.27. The van der Waals surface area contributed by atoms with Crippen LogP contribution in [0.25, 0.3) is 6.08 Å². The average Bonchev–Trinajstić information content (AvgIpc) is 2.87. The summed E-state index contributed by atoms with van der Waals surface area (Å²) in [6.45, 7) is 2.66. The molecule has 0 aliphatic carbocycles. The Balaban J connectivity index is 1.76. The Bertz CT molecular complexity index is 881. The van der Waals surface area contributed by atoms with E-state index in [0.717, 1.165) is 28.6 Å². The predicted molar refractivity (Wildman–Crippen MR) is 106 cm³/mol. The van der Waals surface area contributed by atoms with Crippen LogP contribution in [0, 0.1) is 0 Å². The van der Waals surface area contributed by atoms with E-state index in [-0.39, 0.29) is 17.7 Å². The standard InChI is InChI=1S/C19H15Cl2NO3S/c1-2-25-14-6-3-12(4-7-14)10-17-18(23)22(19(24)26-17)11-13-5-8-15(20)16(21)9-13/h3-10H,2,11H2,1H3/b17-10+. The van der Waals surface area contributed by atoms with Crippen molar-refractivity contribution >= 4 is 52.2 Å². The number of carbonyl (C=O) groups excluding carboxylic acids is 2. The highest BCUT2D eigenvalue weighted by Gasteiger charge is 2.35. The van der Waals surface area contributed by atoms with Crippen molar-refractivity contribution in [3.05, 3.63) is 68.5 Å². The van der Waals surface area contributed by atoms with Gasteiger partial charge in [-0.3, -0.25) is 14.5 Å². The maximum absolute atomic E-state index is 12.6. The highest BCUT2D eigenvalue weighted by atomic mass is 35.5. The number of carbonyl (C=O) groups is 2. The molecule has 2 aromatic rings. The third-order valence-corrected chi connectivity index (χ3v) is 5.33. The molecule has 1 aliphatic heterocycles. The van der Waals surface area contributed by atoms with Gasteiger partial charge in [-0.2, -0.15) is 0 Å². The minimum absolute atomic E-state index is 0.155. The molecule has 1 heterocycles. The van der Waals surface area contributed by atoms with Gasteiger partial charge in [0.1, 0.15) is 5.75 Å². The van der Waals surface area contributed by atoms with Crippen molar-refractivity contribution in [2.75, 3.05) is 6.61 Å². The van der Waals surface area contributed by atoms with Crippen LogP contribution in [0.15, 0.2) is 47.4 Å². The first-order valence-electron chi connectivity index (χ1n) is 7.90. The lowest BCUT2D eigenvalue weighted by atomic mass is 10.2. The number of benzene rings is 2. The Hall–Kier alpha value is -1.95. The molecule has 134 valence electrons. The number of ether oxygens (including phenoxy) is 1. The average molecular weight is 408 g/mol. The van der Waals surface area contributed by atoms with Gasteiger partial charge in [0.2, 0.25) is 0 Å². The van der Waals surface area contributed by atoms with Gasteiger partial charge in [0.05, 0.1) is 28.1 Å². The Kier molecular flexibility index (Phi) is 5.91. The second-order valence-corrected chi connectivity index (χ2v) is 7.33. The van der Waals surface area contributed by atoms with Crippen LogP contribution < -0.4 is 4.74 Å². The van der Waals surface area contributed by atoms with Gasteiger partial charge in [0, 0.05) is 0 Å². The minimum atomic E-state index is -0.319. The lowest BCUT2D eigenvalue weighted by Gasteiger charge is -2.12. The van der Waals surface area contributed by atoms with Crippen molar-refractivity contribution in [3.63, 3.8) is 0 Å². The fourth-order valence-corrected chi connectivity index (χ4v) is 3.59. The number of hydrogen-bond acceptors (Lipinski definition) is 4. The molecule has 26 heavy (non-hydrogen) atoms. The molecular formula is C19H15Cl2NO3S. The summed E-state index contributed by atoms with van der Waals surface area (Å²) in [5, 5.41) is 0.513. The summed E-state index contributed by atoms with van der Waals surface area (Å²) in [6, 6.07) is 12.4. The molecule has 0 unspecified atom stereocenters. The highest BCUT2D eigenvalue weighted by molar-refractivity contribution is 8.18. The van der Waals surface area contributed by atoms with Crippen molar-refractivity contribution in [2.24, 2.45) is 0 Å². The first-order chi connectivity index (χ1) is 12.5. The number of amides is 2. The molecule has 2 amide bonds. The fourth-order valence-electron chi connectivity index (χ4n) is 2.44. The molecule has 7 heteroatoms. The Labute approximate surface area is 165 Å². The largest absolute Gasteiger partial charge is 0.494 e. The van der Waals surface area contributed by atoms with Gasteiger partial charge < -0.3 is 4.74 Å². The van der Waals surface area contributed by atoms with Crippen molar-refractivity contribution in [2.45, 2.75) is 13.5 Å². The van der Waals surface area contributed by atoms with Gasteiger partial charge >= 0.3 is 0 Å². The van der Waals surface area contributed by atoms with Gasteiger partial charge in [0.25, 0.3) is 11.1 Å². The molecule has 1 fully saturated rings. The zero-order chi connectivity index (χ0) is 18.7. The number of hydrogen-bond donors (Lipinski definition) is 0. The summed E-state index contributed by atoms with van der Waals surface area (Å²) in [7, 11) is 0. The smallest absolute Gasteiger partial charge is 0.293 e. The van der Waals surface area contributed by atoms with Crippen LogP contribution in [0.5, 0.6) is 5.75 Å². The van der Waals surface area contributed by atoms with E-state index in [1.54, 1.807) is 24.3 Å². The SMILES string of the molecule is CCOc1ccc(/C=C2/SC(=O)N(Cc3ccc(Cl)c(Cl)c3)C2=O)cc1. The molecule has 0 bridgehead atoms. The molecule has 0 N–H and O–H groups in total. The summed E-state index contributed by atoms with van der Waals surface area (Å²) in [6.07, 6.45) is 1.70. The molecule has 0 atom stereocenters. The third-order valence-electron chi connectivity index (χ3n) is 3.69. The summed E-state index contributed by atoms with van der Waals surface area (Å²) in [4.78, 5) is 26.4. The number of halogens is 2. The van der Waals surface area contributed by atoms with Gasteiger partial charge in [-0.1, -0.05) is 41.4 Å². The predicted octanol–water partition coefficient (Wildman–Crippen LogP) is 5.63. The number of imide groups is 1.